The quantitative estimate of drug-likeness (QED) is 0.859. The highest BCUT2D eigenvalue weighted by Crippen LogP contribution is 2.15. The fourth-order valence-corrected chi connectivity index (χ4v) is 2.14. The van der Waals surface area contributed by atoms with E-state index in [4.69, 9.17) is 4.74 Å². The zero-order valence-corrected chi connectivity index (χ0v) is 12.3. The van der Waals surface area contributed by atoms with Crippen LogP contribution in [0, 0.1) is 0 Å². The predicted molar refractivity (Wildman–Crippen MR) is 81.6 cm³/mol. The largest absolute Gasteiger partial charge is 0.497 e. The molecule has 0 atom stereocenters. The van der Waals surface area contributed by atoms with Gasteiger partial charge in [0.05, 0.1) is 7.11 Å². The first-order valence-corrected chi connectivity index (χ1v) is 7.18. The molecular formula is C14H15N3O3S. The molecule has 0 spiro atoms. The Kier molecular flexibility index (Phi) is 5.28. The molecule has 0 aliphatic carbocycles. The van der Waals surface area contributed by atoms with E-state index in [0.29, 0.717) is 10.8 Å². The molecule has 0 aliphatic rings. The lowest BCUT2D eigenvalue weighted by Gasteiger charge is -2.06. The lowest BCUT2D eigenvalue weighted by molar-refractivity contribution is -0.121. The molecule has 2 amide bonds. The number of rotatable bonds is 6. The van der Waals surface area contributed by atoms with Gasteiger partial charge in [0.1, 0.15) is 5.75 Å². The average molecular weight is 305 g/mol. The number of aromatic nitrogens is 1. The van der Waals surface area contributed by atoms with E-state index in [1.807, 2.05) is 0 Å². The Bertz CT molecular complexity index is 596. The van der Waals surface area contributed by atoms with E-state index >= 15 is 0 Å². The molecule has 0 unspecified atom stereocenters. The first-order chi connectivity index (χ1) is 10.2. The summed E-state index contributed by atoms with van der Waals surface area (Å²) in [6.45, 7) is 0. The van der Waals surface area contributed by atoms with Crippen LogP contribution in [0.5, 0.6) is 5.75 Å². The van der Waals surface area contributed by atoms with Crippen molar-refractivity contribution in [3.05, 3.63) is 35.8 Å². The minimum absolute atomic E-state index is 0.113. The third-order valence-corrected chi connectivity index (χ3v) is 3.32. The number of anilines is 2. The van der Waals surface area contributed by atoms with E-state index in [2.05, 4.69) is 15.6 Å². The van der Waals surface area contributed by atoms with Gasteiger partial charge in [0, 0.05) is 30.1 Å². The maximum atomic E-state index is 11.7. The van der Waals surface area contributed by atoms with Crippen molar-refractivity contribution in [1.29, 1.82) is 0 Å². The van der Waals surface area contributed by atoms with Crippen molar-refractivity contribution in [2.45, 2.75) is 12.8 Å². The zero-order chi connectivity index (χ0) is 15.1. The molecule has 0 saturated carbocycles. The predicted octanol–water partition coefficient (Wildman–Crippen LogP) is 2.51. The Labute approximate surface area is 126 Å². The van der Waals surface area contributed by atoms with Crippen LogP contribution in [-0.4, -0.2) is 23.9 Å². The van der Waals surface area contributed by atoms with Crippen LogP contribution in [0.3, 0.4) is 0 Å². The van der Waals surface area contributed by atoms with E-state index in [-0.39, 0.29) is 24.7 Å². The molecule has 7 heteroatoms. The standard InChI is InChI=1S/C14H15N3O3S/c1-20-11-4-2-10(3-5-11)16-12(18)6-7-13(19)17-14-15-8-9-21-14/h2-5,8-9H,6-7H2,1H3,(H,16,18)(H,15,17,19). The Morgan fingerprint density at radius 3 is 2.38 bits per heavy atom. The summed E-state index contributed by atoms with van der Waals surface area (Å²) in [5.74, 6) is 0.278. The van der Waals surface area contributed by atoms with E-state index in [1.165, 1.54) is 11.3 Å². The number of ether oxygens (including phenoxy) is 1. The monoisotopic (exact) mass is 305 g/mol. The number of benzene rings is 1. The van der Waals surface area contributed by atoms with Crippen LogP contribution in [0.15, 0.2) is 35.8 Å². The van der Waals surface area contributed by atoms with Gasteiger partial charge in [-0.05, 0) is 24.3 Å². The van der Waals surface area contributed by atoms with Crippen LogP contribution >= 0.6 is 11.3 Å². The fourth-order valence-electron chi connectivity index (χ4n) is 1.59. The SMILES string of the molecule is COc1ccc(NC(=O)CCC(=O)Nc2nccs2)cc1. The second kappa shape index (κ2) is 7.39. The van der Waals surface area contributed by atoms with Gasteiger partial charge in [-0.15, -0.1) is 11.3 Å². The average Bonchev–Trinajstić information content (AvgIpc) is 2.99. The number of methoxy groups -OCH3 is 1. The molecule has 21 heavy (non-hydrogen) atoms. The van der Waals surface area contributed by atoms with E-state index in [1.54, 1.807) is 43.0 Å². The summed E-state index contributed by atoms with van der Waals surface area (Å²) in [5.41, 5.74) is 0.668. The number of hydrogen-bond donors (Lipinski definition) is 2. The molecule has 2 rings (SSSR count). The molecule has 6 nitrogen and oxygen atoms in total. The van der Waals surface area contributed by atoms with Crippen LogP contribution in [-0.2, 0) is 9.59 Å². The van der Waals surface area contributed by atoms with Gasteiger partial charge in [0.2, 0.25) is 11.8 Å². The summed E-state index contributed by atoms with van der Waals surface area (Å²) < 4.78 is 5.03. The van der Waals surface area contributed by atoms with Gasteiger partial charge in [0.15, 0.2) is 5.13 Å². The van der Waals surface area contributed by atoms with Gasteiger partial charge in [0.25, 0.3) is 0 Å². The van der Waals surface area contributed by atoms with E-state index < -0.39 is 0 Å². The van der Waals surface area contributed by atoms with Crippen molar-refractivity contribution >= 4 is 34.0 Å². The summed E-state index contributed by atoms with van der Waals surface area (Å²) in [7, 11) is 1.58. The van der Waals surface area contributed by atoms with Gasteiger partial charge in [-0.2, -0.15) is 0 Å². The molecule has 2 N–H and O–H groups in total. The first kappa shape index (κ1) is 15.0. The normalized spacial score (nSPS) is 9.95. The van der Waals surface area contributed by atoms with Crippen molar-refractivity contribution in [3.63, 3.8) is 0 Å². The van der Waals surface area contributed by atoms with Crippen LogP contribution in [0.4, 0.5) is 10.8 Å². The first-order valence-electron chi connectivity index (χ1n) is 6.30. The lowest BCUT2D eigenvalue weighted by atomic mass is 10.2. The van der Waals surface area contributed by atoms with Crippen molar-refractivity contribution in [2.75, 3.05) is 17.7 Å². The number of thiazole rings is 1. The number of nitrogens with one attached hydrogen (secondary N) is 2. The van der Waals surface area contributed by atoms with Gasteiger partial charge >= 0.3 is 0 Å². The minimum atomic E-state index is -0.227. The Morgan fingerprint density at radius 2 is 1.81 bits per heavy atom. The summed E-state index contributed by atoms with van der Waals surface area (Å²) in [6.07, 6.45) is 1.83. The maximum Gasteiger partial charge on any atom is 0.226 e. The summed E-state index contributed by atoms with van der Waals surface area (Å²) in [6, 6.07) is 6.99. The highest BCUT2D eigenvalue weighted by Gasteiger charge is 2.08. The number of carbonyl (C=O) groups excluding carboxylic acids is 2. The van der Waals surface area contributed by atoms with Crippen molar-refractivity contribution in [1.82, 2.24) is 4.98 Å². The molecule has 1 aromatic heterocycles. The molecule has 0 saturated heterocycles. The van der Waals surface area contributed by atoms with Crippen molar-refractivity contribution in [2.24, 2.45) is 0 Å². The summed E-state index contributed by atoms with van der Waals surface area (Å²) in [4.78, 5) is 27.3. The minimum Gasteiger partial charge on any atom is -0.497 e. The third-order valence-electron chi connectivity index (χ3n) is 2.63. The molecule has 110 valence electrons. The Balaban J connectivity index is 1.75. The van der Waals surface area contributed by atoms with Crippen molar-refractivity contribution in [3.8, 4) is 5.75 Å². The highest BCUT2D eigenvalue weighted by atomic mass is 32.1. The van der Waals surface area contributed by atoms with Gasteiger partial charge in [-0.3, -0.25) is 9.59 Å². The zero-order valence-electron chi connectivity index (χ0n) is 11.5. The van der Waals surface area contributed by atoms with Gasteiger partial charge in [-0.1, -0.05) is 0 Å². The van der Waals surface area contributed by atoms with Gasteiger partial charge in [-0.25, -0.2) is 4.98 Å². The lowest BCUT2D eigenvalue weighted by Crippen LogP contribution is -2.17. The molecule has 1 aromatic carbocycles. The fraction of sp³-hybridized carbons (Fsp3) is 0.214. The van der Waals surface area contributed by atoms with E-state index in [9.17, 15) is 9.59 Å². The summed E-state index contributed by atoms with van der Waals surface area (Å²) >= 11 is 1.34. The molecule has 1 heterocycles. The van der Waals surface area contributed by atoms with Crippen LogP contribution in [0.2, 0.25) is 0 Å². The van der Waals surface area contributed by atoms with Crippen molar-refractivity contribution < 1.29 is 14.3 Å². The Morgan fingerprint density at radius 1 is 1.14 bits per heavy atom. The second-order valence-electron chi connectivity index (χ2n) is 4.16. The van der Waals surface area contributed by atoms with E-state index in [0.717, 1.165) is 5.75 Å². The molecule has 0 aliphatic heterocycles. The third kappa shape index (κ3) is 4.88. The molecule has 2 aromatic rings. The number of amides is 2. The van der Waals surface area contributed by atoms with Crippen LogP contribution in [0.1, 0.15) is 12.8 Å². The molecule has 0 radical (unpaired) electrons. The number of nitrogens with zero attached hydrogens (tertiary/aromatic N) is 1. The molecular weight excluding hydrogens is 290 g/mol. The molecule has 0 bridgehead atoms. The van der Waals surface area contributed by atoms with Crippen LogP contribution in [0.25, 0.3) is 0 Å². The second-order valence-corrected chi connectivity index (χ2v) is 5.06. The summed E-state index contributed by atoms with van der Waals surface area (Å²) in [5, 5.41) is 7.66. The highest BCUT2D eigenvalue weighted by molar-refractivity contribution is 7.13. The van der Waals surface area contributed by atoms with Gasteiger partial charge < -0.3 is 15.4 Å². The number of hydrogen-bond acceptors (Lipinski definition) is 5. The Hall–Kier alpha value is -2.41. The number of carbonyl (C=O) groups is 2. The maximum absolute atomic E-state index is 11.7. The smallest absolute Gasteiger partial charge is 0.226 e. The topological polar surface area (TPSA) is 80.3 Å². The molecule has 0 fully saturated rings. The van der Waals surface area contributed by atoms with Crippen LogP contribution < -0.4 is 15.4 Å².